The number of hydrogen-bond donors (Lipinski definition) is 1. The smallest absolute Gasteiger partial charge is 0.212 e. The van der Waals surface area contributed by atoms with Gasteiger partial charge in [-0.05, 0) is 12.0 Å². The highest BCUT2D eigenvalue weighted by Gasteiger charge is 1.95. The van der Waals surface area contributed by atoms with Gasteiger partial charge >= 0.3 is 0 Å². The minimum Gasteiger partial charge on any atom is -0.481 e. The molecule has 0 saturated carbocycles. The molecule has 0 fully saturated rings. The van der Waals surface area contributed by atoms with Crippen LogP contribution in [-0.4, -0.2) is 18.6 Å². The van der Waals surface area contributed by atoms with Gasteiger partial charge in [-0.2, -0.15) is 0 Å². The van der Waals surface area contributed by atoms with E-state index in [-0.39, 0.29) is 0 Å². The van der Waals surface area contributed by atoms with Crippen LogP contribution in [0.25, 0.3) is 0 Å². The van der Waals surface area contributed by atoms with E-state index in [2.05, 4.69) is 23.8 Å². The first-order valence-electron chi connectivity index (χ1n) is 5.12. The third-order valence-corrected chi connectivity index (χ3v) is 2.21. The summed E-state index contributed by atoms with van der Waals surface area (Å²) < 4.78 is 4.98. The van der Waals surface area contributed by atoms with E-state index in [1.54, 1.807) is 7.11 Å². The Labute approximate surface area is 91.2 Å². The number of nitrogens with zero attached hydrogens (tertiary/aromatic N) is 1. The molecule has 0 saturated heterocycles. The summed E-state index contributed by atoms with van der Waals surface area (Å²) in [5.74, 6) is 0.650. The quantitative estimate of drug-likeness (QED) is 0.724. The monoisotopic (exact) mass is 206 g/mol. The molecule has 0 aliphatic heterocycles. The molecule has 3 heteroatoms. The molecule has 0 aromatic carbocycles. The van der Waals surface area contributed by atoms with Crippen molar-refractivity contribution in [1.29, 1.82) is 0 Å². The van der Waals surface area contributed by atoms with Crippen LogP contribution in [0, 0.1) is 0 Å². The topological polar surface area (TPSA) is 34.1 Å². The summed E-state index contributed by atoms with van der Waals surface area (Å²) in [4.78, 5) is 4.13. The molecule has 82 valence electrons. The fourth-order valence-corrected chi connectivity index (χ4v) is 1.14. The average molecular weight is 206 g/mol. The van der Waals surface area contributed by atoms with Crippen molar-refractivity contribution in [3.05, 3.63) is 36.0 Å². The summed E-state index contributed by atoms with van der Waals surface area (Å²) in [6.07, 6.45) is 2.84. The first-order chi connectivity index (χ1) is 7.26. The fourth-order valence-electron chi connectivity index (χ4n) is 1.14. The van der Waals surface area contributed by atoms with Crippen LogP contribution >= 0.6 is 0 Å². The van der Waals surface area contributed by atoms with Crippen molar-refractivity contribution in [3.8, 4) is 5.88 Å². The van der Waals surface area contributed by atoms with E-state index < -0.39 is 0 Å². The van der Waals surface area contributed by atoms with Crippen LogP contribution < -0.4 is 10.1 Å². The Balaban J connectivity index is 2.34. The normalized spacial score (nSPS) is 10.0. The number of methoxy groups -OCH3 is 1. The molecule has 0 aliphatic rings. The molecule has 0 atom stereocenters. The summed E-state index contributed by atoms with van der Waals surface area (Å²) >= 11 is 0. The van der Waals surface area contributed by atoms with Crippen molar-refractivity contribution in [1.82, 2.24) is 10.3 Å². The van der Waals surface area contributed by atoms with Gasteiger partial charge in [0.25, 0.3) is 0 Å². The van der Waals surface area contributed by atoms with E-state index >= 15 is 0 Å². The first kappa shape index (κ1) is 11.7. The highest BCUT2D eigenvalue weighted by atomic mass is 16.5. The predicted molar refractivity (Wildman–Crippen MR) is 61.9 cm³/mol. The van der Waals surface area contributed by atoms with Crippen LogP contribution in [0.2, 0.25) is 0 Å². The van der Waals surface area contributed by atoms with Crippen molar-refractivity contribution in [3.63, 3.8) is 0 Å². The number of pyridine rings is 1. The van der Waals surface area contributed by atoms with Crippen molar-refractivity contribution >= 4 is 0 Å². The molecule has 1 rings (SSSR count). The molecule has 0 spiro atoms. The molecule has 3 nitrogen and oxygen atoms in total. The second-order valence-corrected chi connectivity index (χ2v) is 3.42. The van der Waals surface area contributed by atoms with Gasteiger partial charge in [0.05, 0.1) is 7.11 Å². The summed E-state index contributed by atoms with van der Waals surface area (Å²) in [5, 5.41) is 3.31. The molecule has 0 aliphatic carbocycles. The molecule has 1 N–H and O–H groups in total. The second-order valence-electron chi connectivity index (χ2n) is 3.42. The van der Waals surface area contributed by atoms with Crippen LogP contribution in [0.4, 0.5) is 0 Å². The molecule has 15 heavy (non-hydrogen) atoms. The largest absolute Gasteiger partial charge is 0.481 e. The number of rotatable bonds is 6. The van der Waals surface area contributed by atoms with E-state index in [1.165, 1.54) is 5.57 Å². The third-order valence-electron chi connectivity index (χ3n) is 2.21. The Morgan fingerprint density at radius 2 is 2.33 bits per heavy atom. The van der Waals surface area contributed by atoms with E-state index in [0.29, 0.717) is 5.88 Å². The predicted octanol–water partition coefficient (Wildman–Crippen LogP) is 2.15. The highest BCUT2D eigenvalue weighted by molar-refractivity contribution is 5.17. The lowest BCUT2D eigenvalue weighted by Crippen LogP contribution is -2.16. The molecule has 1 aromatic heterocycles. The number of nitrogens with one attached hydrogen (secondary N) is 1. The van der Waals surface area contributed by atoms with Crippen LogP contribution in [-0.2, 0) is 6.54 Å². The maximum atomic E-state index is 4.98. The number of ether oxygens (including phenoxy) is 1. The molecule has 0 unspecified atom stereocenters. The lowest BCUT2D eigenvalue weighted by atomic mass is 10.2. The van der Waals surface area contributed by atoms with Crippen molar-refractivity contribution in [2.24, 2.45) is 0 Å². The van der Waals surface area contributed by atoms with E-state index in [4.69, 9.17) is 4.74 Å². The minimum atomic E-state index is 0.650. The van der Waals surface area contributed by atoms with Gasteiger partial charge in [0.1, 0.15) is 0 Å². The summed E-state index contributed by atoms with van der Waals surface area (Å²) in [5.41, 5.74) is 2.37. The van der Waals surface area contributed by atoms with Crippen LogP contribution in [0.3, 0.4) is 0 Å². The van der Waals surface area contributed by atoms with E-state index in [9.17, 15) is 0 Å². The lowest BCUT2D eigenvalue weighted by Gasteiger charge is -2.06. The number of aromatic nitrogens is 1. The standard InChI is InChI=1S/C12H18N2O/c1-4-10(2)7-13-8-11-5-6-12(15-3)14-9-11/h5-6,9,13H,2,4,7-8H2,1,3H3. The first-order valence-corrected chi connectivity index (χ1v) is 5.12. The van der Waals surface area contributed by atoms with Crippen LogP contribution in [0.5, 0.6) is 5.88 Å². The van der Waals surface area contributed by atoms with Gasteiger partial charge in [-0.25, -0.2) is 4.98 Å². The zero-order chi connectivity index (χ0) is 11.1. The molecular weight excluding hydrogens is 188 g/mol. The average Bonchev–Trinajstić information content (AvgIpc) is 2.29. The van der Waals surface area contributed by atoms with Crippen LogP contribution in [0.15, 0.2) is 30.5 Å². The summed E-state index contributed by atoms with van der Waals surface area (Å²) in [7, 11) is 1.62. The van der Waals surface area contributed by atoms with Gasteiger partial charge in [0.2, 0.25) is 5.88 Å². The van der Waals surface area contributed by atoms with E-state index in [1.807, 2.05) is 18.3 Å². The third kappa shape index (κ3) is 4.13. The summed E-state index contributed by atoms with van der Waals surface area (Å²) in [6, 6.07) is 3.87. The SMILES string of the molecule is C=C(CC)CNCc1ccc(OC)nc1. The van der Waals surface area contributed by atoms with Gasteiger partial charge in [-0.1, -0.05) is 25.1 Å². The second kappa shape index (κ2) is 6.19. The molecule has 1 heterocycles. The Bertz CT molecular complexity index is 306. The van der Waals surface area contributed by atoms with Gasteiger partial charge in [0.15, 0.2) is 0 Å². The number of hydrogen-bond acceptors (Lipinski definition) is 3. The van der Waals surface area contributed by atoms with Crippen LogP contribution in [0.1, 0.15) is 18.9 Å². The zero-order valence-corrected chi connectivity index (χ0v) is 9.42. The highest BCUT2D eigenvalue weighted by Crippen LogP contribution is 2.06. The fraction of sp³-hybridized carbons (Fsp3) is 0.417. The Morgan fingerprint density at radius 3 is 2.87 bits per heavy atom. The zero-order valence-electron chi connectivity index (χ0n) is 9.42. The Morgan fingerprint density at radius 1 is 1.53 bits per heavy atom. The Hall–Kier alpha value is -1.35. The molecule has 0 bridgehead atoms. The Kier molecular flexibility index (Phi) is 4.84. The maximum absolute atomic E-state index is 4.98. The van der Waals surface area contributed by atoms with Gasteiger partial charge < -0.3 is 10.1 Å². The van der Waals surface area contributed by atoms with Gasteiger partial charge in [0, 0.05) is 25.4 Å². The van der Waals surface area contributed by atoms with E-state index in [0.717, 1.165) is 25.1 Å². The molecular formula is C12H18N2O. The molecule has 0 radical (unpaired) electrons. The summed E-state index contributed by atoms with van der Waals surface area (Å²) in [6.45, 7) is 7.72. The maximum Gasteiger partial charge on any atom is 0.212 e. The van der Waals surface area contributed by atoms with Crippen molar-refractivity contribution < 1.29 is 4.74 Å². The molecule has 0 amide bonds. The van der Waals surface area contributed by atoms with Gasteiger partial charge in [-0.15, -0.1) is 0 Å². The molecule has 1 aromatic rings. The van der Waals surface area contributed by atoms with Gasteiger partial charge in [-0.3, -0.25) is 0 Å². The minimum absolute atomic E-state index is 0.650. The lowest BCUT2D eigenvalue weighted by molar-refractivity contribution is 0.397. The van der Waals surface area contributed by atoms with Crippen molar-refractivity contribution in [2.45, 2.75) is 19.9 Å². The van der Waals surface area contributed by atoms with Crippen molar-refractivity contribution in [2.75, 3.05) is 13.7 Å².